The maximum atomic E-state index is 11.4. The van der Waals surface area contributed by atoms with Crippen molar-refractivity contribution in [3.05, 3.63) is 204 Å². The summed E-state index contributed by atoms with van der Waals surface area (Å²) >= 11 is 0. The molecule has 0 amide bonds. The summed E-state index contributed by atoms with van der Waals surface area (Å²) in [4.78, 5) is 6.24. The molecule has 4 heterocycles. The highest BCUT2D eigenvalue weighted by Crippen LogP contribution is 2.50. The van der Waals surface area contributed by atoms with Crippen molar-refractivity contribution in [3.63, 3.8) is 0 Å². The van der Waals surface area contributed by atoms with Crippen LogP contribution in [0.25, 0.3) is 105 Å². The van der Waals surface area contributed by atoms with Gasteiger partial charge < -0.3 is 4.57 Å². The molecule has 73 heavy (non-hydrogen) atoms. The highest BCUT2D eigenvalue weighted by Gasteiger charge is 2.33. The van der Waals surface area contributed by atoms with E-state index in [2.05, 4.69) is 240 Å². The third-order valence-electron chi connectivity index (χ3n) is 15.0. The second-order valence-electron chi connectivity index (χ2n) is 22.7. The lowest BCUT2D eigenvalue weighted by atomic mass is 9.86. The lowest BCUT2D eigenvalue weighted by Crippen LogP contribution is -2.14. The Bertz CT molecular complexity index is 4330. The van der Waals surface area contributed by atoms with Crippen LogP contribution in [0.3, 0.4) is 0 Å². The number of aromatic nitrogens is 4. The Morgan fingerprint density at radius 1 is 0.370 bits per heavy atom. The third-order valence-corrected chi connectivity index (χ3v) is 15.0. The summed E-state index contributed by atoms with van der Waals surface area (Å²) in [6.45, 7) is 20.4. The fourth-order valence-corrected chi connectivity index (χ4v) is 11.2. The fourth-order valence-electron chi connectivity index (χ4n) is 11.2. The molecule has 12 rings (SSSR count). The topological polar surface area (TPSA) is 75.3 Å². The molecular weight excluding hydrogens is 889 g/mol. The largest absolute Gasteiger partial charge is 0.305 e. The first-order valence-corrected chi connectivity index (χ1v) is 25.3. The number of para-hydroxylation sites is 3. The predicted octanol–water partition coefficient (Wildman–Crippen LogP) is 17.3. The Kier molecular flexibility index (Phi) is 10.2. The van der Waals surface area contributed by atoms with Gasteiger partial charge in [-0.25, -0.2) is 4.98 Å². The van der Waals surface area contributed by atoms with Gasteiger partial charge in [-0.1, -0.05) is 178 Å². The normalized spacial score (nSPS) is 12.4. The van der Waals surface area contributed by atoms with Crippen LogP contribution in [0.15, 0.2) is 176 Å². The monoisotopic (exact) mass is 944 g/mol. The molecule has 0 fully saturated rings. The van der Waals surface area contributed by atoms with Gasteiger partial charge in [0.25, 0.3) is 0 Å². The van der Waals surface area contributed by atoms with Crippen molar-refractivity contribution < 1.29 is 0 Å². The SMILES string of the molecule is CC(C)(C)c1ccc2c(c1)c1ccccc1n2-c1nc(-n2c3ccccc3c3cc(C(C)(C)C)ccc32)c(-n2c3ccccc3c3cc(C(C)(C)C)ccc32)c(-c2cccc(C#N)c2C#N)c1-c1ccccc1. The van der Waals surface area contributed by atoms with Crippen molar-refractivity contribution >= 4 is 65.4 Å². The molecule has 6 nitrogen and oxygen atoms in total. The van der Waals surface area contributed by atoms with Crippen LogP contribution >= 0.6 is 0 Å². The predicted molar refractivity (Wildman–Crippen MR) is 304 cm³/mol. The van der Waals surface area contributed by atoms with Gasteiger partial charge in [-0.05, 0) is 99.2 Å². The number of hydrogen-bond acceptors (Lipinski definition) is 3. The average molecular weight is 945 g/mol. The van der Waals surface area contributed by atoms with Gasteiger partial charge in [0.2, 0.25) is 0 Å². The zero-order valence-corrected chi connectivity index (χ0v) is 42.9. The molecule has 0 unspecified atom stereocenters. The first-order chi connectivity index (χ1) is 35.1. The lowest BCUT2D eigenvalue weighted by molar-refractivity contribution is 0.591. The van der Waals surface area contributed by atoms with Gasteiger partial charge in [0.15, 0.2) is 5.82 Å². The van der Waals surface area contributed by atoms with Crippen molar-refractivity contribution in [2.24, 2.45) is 0 Å². The van der Waals surface area contributed by atoms with E-state index in [1.807, 2.05) is 18.2 Å². The first-order valence-electron chi connectivity index (χ1n) is 25.3. The quantitative estimate of drug-likeness (QED) is 0.172. The molecule has 0 N–H and O–H groups in total. The zero-order chi connectivity index (χ0) is 50.7. The Morgan fingerprint density at radius 2 is 0.781 bits per heavy atom. The highest BCUT2D eigenvalue weighted by atomic mass is 15.2. The van der Waals surface area contributed by atoms with Crippen LogP contribution in [0, 0.1) is 22.7 Å². The number of rotatable bonds is 5. The number of hydrogen-bond donors (Lipinski definition) is 0. The standard InChI is InChI=1S/C67H56N6/c1-65(2,3)43-30-33-57-50(36-43)46-23-13-16-27-54(46)71(57)62-61(49-26-19-22-42(39-68)53(49)40-69)60(41-20-11-10-12-21-41)63(72-55-28-17-14-24-47(55)51-37-44(66(4,5)6)31-34-58(51)72)70-64(62)73-56-29-18-15-25-48(56)52-38-45(67(7,8)9)32-35-59(52)73/h10-38H,1-9H3. The lowest BCUT2D eigenvalue weighted by Gasteiger charge is -2.26. The number of fused-ring (bicyclic) bond motifs is 9. The number of nitrogens with zero attached hydrogens (tertiary/aromatic N) is 6. The van der Waals surface area contributed by atoms with Crippen molar-refractivity contribution in [2.75, 3.05) is 0 Å². The minimum Gasteiger partial charge on any atom is -0.305 e. The molecule has 0 aliphatic carbocycles. The van der Waals surface area contributed by atoms with Gasteiger partial charge in [-0.15, -0.1) is 0 Å². The minimum absolute atomic E-state index is 0.0916. The van der Waals surface area contributed by atoms with Crippen molar-refractivity contribution in [3.8, 4) is 51.7 Å². The molecule has 0 aliphatic rings. The summed E-state index contributed by atoms with van der Waals surface area (Å²) in [5.41, 5.74) is 14.0. The summed E-state index contributed by atoms with van der Waals surface area (Å²) in [5.74, 6) is 1.39. The molecule has 0 radical (unpaired) electrons. The Morgan fingerprint density at radius 3 is 1.23 bits per heavy atom. The minimum atomic E-state index is -0.109. The van der Waals surface area contributed by atoms with E-state index in [-0.39, 0.29) is 16.2 Å². The van der Waals surface area contributed by atoms with Gasteiger partial charge >= 0.3 is 0 Å². The van der Waals surface area contributed by atoms with E-state index < -0.39 is 0 Å². The fraction of sp³-hybridized carbons (Fsp3) is 0.179. The summed E-state index contributed by atoms with van der Waals surface area (Å²) in [6, 6.07) is 67.7. The number of pyridine rings is 1. The molecule has 354 valence electrons. The Labute approximate surface area is 426 Å². The van der Waals surface area contributed by atoms with Crippen molar-refractivity contribution in [1.82, 2.24) is 18.7 Å². The maximum absolute atomic E-state index is 11.4. The van der Waals surface area contributed by atoms with Gasteiger partial charge in [-0.2, -0.15) is 10.5 Å². The molecule has 4 aromatic heterocycles. The molecule has 0 spiro atoms. The van der Waals surface area contributed by atoms with Crippen LogP contribution in [0.1, 0.15) is 90.1 Å². The van der Waals surface area contributed by atoms with E-state index >= 15 is 0 Å². The molecule has 0 saturated heterocycles. The molecule has 0 aliphatic heterocycles. The second-order valence-corrected chi connectivity index (χ2v) is 22.7. The van der Waals surface area contributed by atoms with E-state index in [9.17, 15) is 10.5 Å². The number of nitriles is 2. The third kappa shape index (κ3) is 7.08. The zero-order valence-electron chi connectivity index (χ0n) is 42.9. The smallest absolute Gasteiger partial charge is 0.165 e. The molecular formula is C67H56N6. The molecule has 8 aromatic carbocycles. The average Bonchev–Trinajstić information content (AvgIpc) is 4.03. The van der Waals surface area contributed by atoms with E-state index in [0.717, 1.165) is 87.8 Å². The van der Waals surface area contributed by atoms with Crippen LogP contribution in [-0.2, 0) is 16.2 Å². The van der Waals surface area contributed by atoms with Crippen LogP contribution in [0.5, 0.6) is 0 Å². The number of benzene rings is 8. The van der Waals surface area contributed by atoms with E-state index in [1.54, 1.807) is 6.07 Å². The van der Waals surface area contributed by atoms with Crippen LogP contribution < -0.4 is 0 Å². The van der Waals surface area contributed by atoms with Gasteiger partial charge in [0.05, 0.1) is 49.9 Å². The summed E-state index contributed by atoms with van der Waals surface area (Å²) < 4.78 is 7.07. The Hall–Kier alpha value is -8.71. The van der Waals surface area contributed by atoms with Crippen molar-refractivity contribution in [1.29, 1.82) is 10.5 Å². The molecule has 0 bridgehead atoms. The maximum Gasteiger partial charge on any atom is 0.165 e. The summed E-state index contributed by atoms with van der Waals surface area (Å²) in [6.07, 6.45) is 0. The first kappa shape index (κ1) is 45.4. The molecule has 12 aromatic rings. The van der Waals surface area contributed by atoms with Gasteiger partial charge in [0, 0.05) is 49.0 Å². The summed E-state index contributed by atoms with van der Waals surface area (Å²) in [7, 11) is 0. The molecule has 6 heteroatoms. The Balaban J connectivity index is 1.40. The van der Waals surface area contributed by atoms with Crippen LogP contribution in [0.2, 0.25) is 0 Å². The van der Waals surface area contributed by atoms with Gasteiger partial charge in [0.1, 0.15) is 18.0 Å². The van der Waals surface area contributed by atoms with E-state index in [0.29, 0.717) is 28.3 Å². The van der Waals surface area contributed by atoms with Crippen molar-refractivity contribution in [2.45, 2.75) is 78.6 Å². The summed E-state index contributed by atoms with van der Waals surface area (Å²) in [5, 5.41) is 29.0. The second kappa shape index (κ2) is 16.4. The molecule has 0 saturated carbocycles. The van der Waals surface area contributed by atoms with Crippen LogP contribution in [0.4, 0.5) is 0 Å². The highest BCUT2D eigenvalue weighted by molar-refractivity contribution is 6.15. The van der Waals surface area contributed by atoms with Crippen LogP contribution in [-0.4, -0.2) is 18.7 Å². The van der Waals surface area contributed by atoms with E-state index in [1.165, 1.54) is 16.7 Å². The van der Waals surface area contributed by atoms with Gasteiger partial charge in [-0.3, -0.25) is 9.13 Å². The molecule has 0 atom stereocenters. The van der Waals surface area contributed by atoms with E-state index in [4.69, 9.17) is 4.98 Å².